The van der Waals surface area contributed by atoms with Gasteiger partial charge in [0.15, 0.2) is 5.65 Å². The van der Waals surface area contributed by atoms with Crippen LogP contribution in [0.25, 0.3) is 11.0 Å². The highest BCUT2D eigenvalue weighted by Crippen LogP contribution is 2.27. The van der Waals surface area contributed by atoms with E-state index in [-0.39, 0.29) is 5.56 Å². The summed E-state index contributed by atoms with van der Waals surface area (Å²) in [6.45, 7) is 0.735. The number of nitrogens with zero attached hydrogens (tertiary/aromatic N) is 3. The highest BCUT2D eigenvalue weighted by molar-refractivity contribution is 9.10. The second-order valence-corrected chi connectivity index (χ2v) is 5.83. The van der Waals surface area contributed by atoms with Crippen LogP contribution in [0, 0.1) is 0 Å². The van der Waals surface area contributed by atoms with E-state index < -0.39 is 0 Å². The second-order valence-electron chi connectivity index (χ2n) is 4.54. The van der Waals surface area contributed by atoms with Gasteiger partial charge in [-0.25, -0.2) is 9.97 Å². The molecule has 0 aliphatic carbocycles. The van der Waals surface area contributed by atoms with Crippen molar-refractivity contribution >= 4 is 38.6 Å². The summed E-state index contributed by atoms with van der Waals surface area (Å²) < 4.78 is 7.93. The standard InChI is InChI=1S/C15H11BrClN3O2/c16-12-8-10(17)3-4-13(12)22-7-6-20-9-19-14-11(15(20)21)2-1-5-18-14/h1-5,8-9H,6-7H2. The molecule has 0 N–H and O–H groups in total. The fourth-order valence-corrected chi connectivity index (χ4v) is 2.80. The zero-order valence-electron chi connectivity index (χ0n) is 11.4. The van der Waals surface area contributed by atoms with Gasteiger partial charge in [0, 0.05) is 11.2 Å². The first-order valence-electron chi connectivity index (χ1n) is 6.53. The number of rotatable bonds is 4. The van der Waals surface area contributed by atoms with Crippen LogP contribution >= 0.6 is 27.5 Å². The molecule has 2 heterocycles. The predicted octanol–water partition coefficient (Wildman–Crippen LogP) is 3.29. The van der Waals surface area contributed by atoms with Crippen molar-refractivity contribution in [3.63, 3.8) is 0 Å². The van der Waals surface area contributed by atoms with Crippen molar-refractivity contribution in [1.82, 2.24) is 14.5 Å². The molecule has 2 aromatic heterocycles. The Balaban J connectivity index is 1.74. The topological polar surface area (TPSA) is 57.0 Å². The Morgan fingerprint density at radius 3 is 2.95 bits per heavy atom. The summed E-state index contributed by atoms with van der Waals surface area (Å²) in [5.41, 5.74) is 0.321. The summed E-state index contributed by atoms with van der Waals surface area (Å²) in [5.74, 6) is 0.674. The van der Waals surface area contributed by atoms with Crippen LogP contribution in [0.4, 0.5) is 0 Å². The van der Waals surface area contributed by atoms with Crippen LogP contribution in [0.2, 0.25) is 5.02 Å². The van der Waals surface area contributed by atoms with E-state index in [0.717, 1.165) is 4.47 Å². The number of pyridine rings is 1. The third kappa shape index (κ3) is 3.13. The fourth-order valence-electron chi connectivity index (χ4n) is 2.00. The Bertz CT molecular complexity index is 882. The molecule has 0 saturated carbocycles. The second kappa shape index (κ2) is 6.46. The SMILES string of the molecule is O=c1c2cccnc2ncn1CCOc1ccc(Cl)cc1Br. The van der Waals surface area contributed by atoms with E-state index in [9.17, 15) is 4.79 Å². The lowest BCUT2D eigenvalue weighted by atomic mass is 10.3. The van der Waals surface area contributed by atoms with E-state index in [4.69, 9.17) is 16.3 Å². The Morgan fingerprint density at radius 1 is 1.27 bits per heavy atom. The number of fused-ring (bicyclic) bond motifs is 1. The van der Waals surface area contributed by atoms with Crippen LogP contribution in [-0.2, 0) is 6.54 Å². The van der Waals surface area contributed by atoms with Crippen molar-refractivity contribution in [1.29, 1.82) is 0 Å². The molecule has 22 heavy (non-hydrogen) atoms. The lowest BCUT2D eigenvalue weighted by molar-refractivity contribution is 0.294. The maximum absolute atomic E-state index is 12.3. The first-order chi connectivity index (χ1) is 10.6. The molecule has 7 heteroatoms. The molecule has 0 aliphatic heterocycles. The third-order valence-electron chi connectivity index (χ3n) is 3.08. The van der Waals surface area contributed by atoms with Gasteiger partial charge in [0.2, 0.25) is 0 Å². The summed E-state index contributed by atoms with van der Waals surface area (Å²) in [5, 5.41) is 1.12. The van der Waals surface area contributed by atoms with Crippen molar-refractivity contribution in [3.8, 4) is 5.75 Å². The monoisotopic (exact) mass is 379 g/mol. The van der Waals surface area contributed by atoms with Crippen molar-refractivity contribution < 1.29 is 4.74 Å². The minimum absolute atomic E-state index is 0.128. The molecule has 0 unspecified atom stereocenters. The van der Waals surface area contributed by atoms with E-state index in [1.54, 1.807) is 36.5 Å². The van der Waals surface area contributed by atoms with Crippen LogP contribution in [0.5, 0.6) is 5.75 Å². The summed E-state index contributed by atoms with van der Waals surface area (Å²) in [4.78, 5) is 20.5. The largest absolute Gasteiger partial charge is 0.491 e. The van der Waals surface area contributed by atoms with Gasteiger partial charge in [0.05, 0.1) is 16.4 Å². The van der Waals surface area contributed by atoms with Gasteiger partial charge >= 0.3 is 0 Å². The van der Waals surface area contributed by atoms with Crippen molar-refractivity contribution in [2.24, 2.45) is 0 Å². The molecule has 0 radical (unpaired) electrons. The van der Waals surface area contributed by atoms with Crippen molar-refractivity contribution in [2.75, 3.05) is 6.61 Å². The molecule has 3 aromatic rings. The van der Waals surface area contributed by atoms with Gasteiger partial charge < -0.3 is 4.74 Å². The molecule has 0 saturated heterocycles. The van der Waals surface area contributed by atoms with E-state index in [1.807, 2.05) is 0 Å². The lowest BCUT2D eigenvalue weighted by Gasteiger charge is -2.10. The minimum atomic E-state index is -0.128. The van der Waals surface area contributed by atoms with Crippen molar-refractivity contribution in [3.05, 3.63) is 62.7 Å². The van der Waals surface area contributed by atoms with Gasteiger partial charge in [-0.2, -0.15) is 0 Å². The van der Waals surface area contributed by atoms with E-state index >= 15 is 0 Å². The van der Waals surface area contributed by atoms with Gasteiger partial charge in [0.25, 0.3) is 5.56 Å². The predicted molar refractivity (Wildman–Crippen MR) is 88.4 cm³/mol. The molecule has 5 nitrogen and oxygen atoms in total. The molecular weight excluding hydrogens is 370 g/mol. The molecular formula is C15H11BrClN3O2. The molecule has 1 aromatic carbocycles. The maximum atomic E-state index is 12.3. The zero-order chi connectivity index (χ0) is 15.5. The highest BCUT2D eigenvalue weighted by atomic mass is 79.9. The fraction of sp³-hybridized carbons (Fsp3) is 0.133. The van der Waals surface area contributed by atoms with Gasteiger partial charge in [0.1, 0.15) is 18.7 Å². The van der Waals surface area contributed by atoms with Gasteiger partial charge in [-0.05, 0) is 46.3 Å². The summed E-state index contributed by atoms with van der Waals surface area (Å²) in [6.07, 6.45) is 3.10. The van der Waals surface area contributed by atoms with E-state index in [1.165, 1.54) is 10.9 Å². The number of halogens is 2. The first kappa shape index (κ1) is 15.0. The molecule has 3 rings (SSSR count). The number of ether oxygens (including phenoxy) is 1. The number of aromatic nitrogens is 3. The summed E-state index contributed by atoms with van der Waals surface area (Å²) in [6, 6.07) is 8.71. The summed E-state index contributed by atoms with van der Waals surface area (Å²) >= 11 is 9.26. The highest BCUT2D eigenvalue weighted by Gasteiger charge is 2.05. The Labute approximate surface area is 139 Å². The van der Waals surface area contributed by atoms with E-state index in [0.29, 0.717) is 35.0 Å². The number of hydrogen-bond acceptors (Lipinski definition) is 4. The normalized spacial score (nSPS) is 10.8. The van der Waals surface area contributed by atoms with Gasteiger partial charge in [-0.3, -0.25) is 9.36 Å². The third-order valence-corrected chi connectivity index (χ3v) is 3.94. The molecule has 0 amide bonds. The minimum Gasteiger partial charge on any atom is -0.491 e. The molecule has 0 spiro atoms. The van der Waals surface area contributed by atoms with Gasteiger partial charge in [-0.1, -0.05) is 11.6 Å². The molecule has 0 fully saturated rings. The van der Waals surface area contributed by atoms with Crippen LogP contribution in [-0.4, -0.2) is 21.1 Å². The average molecular weight is 381 g/mol. The smallest absolute Gasteiger partial charge is 0.262 e. The molecule has 0 aliphatic rings. The lowest BCUT2D eigenvalue weighted by Crippen LogP contribution is -2.23. The summed E-state index contributed by atoms with van der Waals surface area (Å²) in [7, 11) is 0. The average Bonchev–Trinajstić information content (AvgIpc) is 2.52. The zero-order valence-corrected chi connectivity index (χ0v) is 13.7. The van der Waals surface area contributed by atoms with E-state index in [2.05, 4.69) is 25.9 Å². The molecule has 0 bridgehead atoms. The Morgan fingerprint density at radius 2 is 2.14 bits per heavy atom. The Hall–Kier alpha value is -1.92. The Kier molecular flexibility index (Phi) is 4.40. The maximum Gasteiger partial charge on any atom is 0.262 e. The van der Waals surface area contributed by atoms with Crippen LogP contribution in [0.3, 0.4) is 0 Å². The molecule has 0 atom stereocenters. The number of benzene rings is 1. The van der Waals surface area contributed by atoms with Crippen LogP contribution < -0.4 is 10.3 Å². The van der Waals surface area contributed by atoms with Crippen LogP contribution in [0.15, 0.2) is 52.1 Å². The number of hydrogen-bond donors (Lipinski definition) is 0. The quantitative estimate of drug-likeness (QED) is 0.697. The van der Waals surface area contributed by atoms with Gasteiger partial charge in [-0.15, -0.1) is 0 Å². The van der Waals surface area contributed by atoms with Crippen molar-refractivity contribution in [2.45, 2.75) is 6.54 Å². The molecule has 112 valence electrons. The van der Waals surface area contributed by atoms with Crippen LogP contribution in [0.1, 0.15) is 0 Å². The first-order valence-corrected chi connectivity index (χ1v) is 7.70.